The Kier molecular flexibility index (Phi) is 3.08. The molecule has 0 aliphatic carbocycles. The van der Waals surface area contributed by atoms with Gasteiger partial charge in [0.1, 0.15) is 5.82 Å². The van der Waals surface area contributed by atoms with Crippen molar-refractivity contribution in [2.75, 3.05) is 11.4 Å². The van der Waals surface area contributed by atoms with Gasteiger partial charge in [-0.25, -0.2) is 9.18 Å². The van der Waals surface area contributed by atoms with Gasteiger partial charge in [0.05, 0.1) is 0 Å². The number of urea groups is 1. The van der Waals surface area contributed by atoms with Gasteiger partial charge >= 0.3 is 6.03 Å². The van der Waals surface area contributed by atoms with Crippen LogP contribution < -0.4 is 10.2 Å². The molecule has 0 radical (unpaired) electrons. The van der Waals surface area contributed by atoms with Gasteiger partial charge < -0.3 is 0 Å². The van der Waals surface area contributed by atoms with Gasteiger partial charge in [-0.15, -0.1) is 0 Å². The van der Waals surface area contributed by atoms with Crippen molar-refractivity contribution in [2.45, 2.75) is 6.42 Å². The highest BCUT2D eigenvalue weighted by molar-refractivity contribution is 14.1. The highest BCUT2D eigenvalue weighted by Gasteiger charge is 2.24. The Hall–Kier alpha value is -1.18. The number of amides is 3. The summed E-state index contributed by atoms with van der Waals surface area (Å²) in [6, 6.07) is 3.84. The maximum absolute atomic E-state index is 13.2. The first-order valence-electron chi connectivity index (χ1n) is 4.64. The van der Waals surface area contributed by atoms with E-state index in [2.05, 4.69) is 5.32 Å². The molecule has 1 heterocycles. The molecule has 0 atom stereocenters. The lowest BCUT2D eigenvalue weighted by molar-refractivity contribution is -0.120. The molecule has 1 fully saturated rings. The topological polar surface area (TPSA) is 49.4 Å². The van der Waals surface area contributed by atoms with Crippen LogP contribution in [0.3, 0.4) is 0 Å². The number of carbonyl (C=O) groups is 2. The van der Waals surface area contributed by atoms with Crippen LogP contribution in [0.2, 0.25) is 0 Å². The zero-order valence-corrected chi connectivity index (χ0v) is 10.3. The maximum atomic E-state index is 13.2. The fraction of sp³-hybridized carbons (Fsp3) is 0.200. The molecule has 1 aliphatic heterocycles. The van der Waals surface area contributed by atoms with Crippen molar-refractivity contribution in [3.05, 3.63) is 27.6 Å². The third-order valence-electron chi connectivity index (χ3n) is 2.21. The lowest BCUT2D eigenvalue weighted by Crippen LogP contribution is -2.49. The second-order valence-corrected chi connectivity index (χ2v) is 4.63. The van der Waals surface area contributed by atoms with Gasteiger partial charge in [-0.1, -0.05) is 0 Å². The summed E-state index contributed by atoms with van der Waals surface area (Å²) in [7, 11) is 0. The molecule has 0 aromatic heterocycles. The summed E-state index contributed by atoms with van der Waals surface area (Å²) in [5.74, 6) is -0.695. The fourth-order valence-electron chi connectivity index (χ4n) is 1.51. The van der Waals surface area contributed by atoms with E-state index >= 15 is 0 Å². The lowest BCUT2D eigenvalue weighted by Gasteiger charge is -2.26. The van der Waals surface area contributed by atoms with E-state index in [-0.39, 0.29) is 18.9 Å². The van der Waals surface area contributed by atoms with Crippen LogP contribution >= 0.6 is 22.6 Å². The minimum Gasteiger partial charge on any atom is -0.293 e. The number of anilines is 1. The van der Waals surface area contributed by atoms with Crippen LogP contribution in [0.5, 0.6) is 0 Å². The van der Waals surface area contributed by atoms with Crippen molar-refractivity contribution in [1.29, 1.82) is 0 Å². The third kappa shape index (κ3) is 2.31. The number of rotatable bonds is 1. The molecular formula is C10H8FIN2O2. The molecule has 1 aliphatic rings. The predicted molar refractivity (Wildman–Crippen MR) is 64.6 cm³/mol. The van der Waals surface area contributed by atoms with Gasteiger partial charge in [-0.2, -0.15) is 0 Å². The molecule has 1 saturated heterocycles. The Bertz CT molecular complexity index is 444. The van der Waals surface area contributed by atoms with Gasteiger partial charge in [0.25, 0.3) is 0 Å². The molecule has 1 aromatic rings. The van der Waals surface area contributed by atoms with E-state index < -0.39 is 11.8 Å². The van der Waals surface area contributed by atoms with Gasteiger partial charge in [0.15, 0.2) is 0 Å². The van der Waals surface area contributed by atoms with Gasteiger partial charge in [0, 0.05) is 22.2 Å². The van der Waals surface area contributed by atoms with Gasteiger partial charge in [-0.3, -0.25) is 15.0 Å². The van der Waals surface area contributed by atoms with Crippen LogP contribution in [-0.2, 0) is 4.79 Å². The zero-order valence-electron chi connectivity index (χ0n) is 8.17. The van der Waals surface area contributed by atoms with Crippen LogP contribution in [0.4, 0.5) is 14.9 Å². The summed E-state index contributed by atoms with van der Waals surface area (Å²) >= 11 is 1.97. The molecule has 0 bridgehead atoms. The first kappa shape index (κ1) is 11.3. The fourth-order valence-corrected chi connectivity index (χ4v) is 2.12. The minimum absolute atomic E-state index is 0.235. The molecule has 2 rings (SSSR count). The molecule has 16 heavy (non-hydrogen) atoms. The van der Waals surface area contributed by atoms with Crippen molar-refractivity contribution < 1.29 is 14.0 Å². The largest absolute Gasteiger partial charge is 0.328 e. The lowest BCUT2D eigenvalue weighted by atomic mass is 10.2. The van der Waals surface area contributed by atoms with E-state index in [4.69, 9.17) is 0 Å². The predicted octanol–water partition coefficient (Wildman–Crippen LogP) is 1.88. The van der Waals surface area contributed by atoms with Gasteiger partial charge in [-0.05, 0) is 40.8 Å². The second-order valence-electron chi connectivity index (χ2n) is 3.38. The average Bonchev–Trinajstić information content (AvgIpc) is 2.15. The van der Waals surface area contributed by atoms with E-state index in [1.54, 1.807) is 6.07 Å². The summed E-state index contributed by atoms with van der Waals surface area (Å²) in [5.41, 5.74) is 0.467. The normalized spacial score (nSPS) is 16.2. The molecule has 0 unspecified atom stereocenters. The van der Waals surface area contributed by atoms with E-state index in [0.29, 0.717) is 9.26 Å². The molecular weight excluding hydrogens is 326 g/mol. The molecule has 0 spiro atoms. The number of benzene rings is 1. The first-order chi connectivity index (χ1) is 7.56. The monoisotopic (exact) mass is 334 g/mol. The molecule has 3 amide bonds. The Morgan fingerprint density at radius 3 is 2.69 bits per heavy atom. The summed E-state index contributed by atoms with van der Waals surface area (Å²) in [6.45, 7) is 0.282. The Balaban J connectivity index is 2.30. The third-order valence-corrected chi connectivity index (χ3v) is 2.84. The van der Waals surface area contributed by atoms with Crippen molar-refractivity contribution in [3.63, 3.8) is 0 Å². The summed E-state index contributed by atoms with van der Waals surface area (Å²) in [5, 5.41) is 2.19. The molecule has 1 N–H and O–H groups in total. The number of imide groups is 1. The van der Waals surface area contributed by atoms with E-state index in [0.717, 1.165) is 0 Å². The van der Waals surface area contributed by atoms with Crippen LogP contribution in [0.25, 0.3) is 0 Å². The number of carbonyl (C=O) groups excluding carboxylic acids is 2. The summed E-state index contributed by atoms with van der Waals surface area (Å²) < 4.78 is 13.9. The molecule has 84 valence electrons. The molecule has 4 nitrogen and oxygen atoms in total. The van der Waals surface area contributed by atoms with Crippen LogP contribution in [0, 0.1) is 9.39 Å². The van der Waals surface area contributed by atoms with E-state index in [1.165, 1.54) is 17.0 Å². The minimum atomic E-state index is -0.502. The summed E-state index contributed by atoms with van der Waals surface area (Å²) in [4.78, 5) is 23.8. The number of halogens is 2. The maximum Gasteiger partial charge on any atom is 0.328 e. The number of hydrogen-bond acceptors (Lipinski definition) is 2. The van der Waals surface area contributed by atoms with Gasteiger partial charge in [0.2, 0.25) is 5.91 Å². The van der Waals surface area contributed by atoms with Crippen LogP contribution in [-0.4, -0.2) is 18.5 Å². The molecule has 0 saturated carbocycles. The Morgan fingerprint density at radius 1 is 1.31 bits per heavy atom. The van der Waals surface area contributed by atoms with Crippen molar-refractivity contribution in [2.24, 2.45) is 0 Å². The smallest absolute Gasteiger partial charge is 0.293 e. The SMILES string of the molecule is O=C1CCN(c2cc(F)cc(I)c2)C(=O)N1. The van der Waals surface area contributed by atoms with E-state index in [9.17, 15) is 14.0 Å². The van der Waals surface area contributed by atoms with Crippen molar-refractivity contribution >= 4 is 40.2 Å². The zero-order chi connectivity index (χ0) is 11.7. The number of nitrogens with zero attached hydrogens (tertiary/aromatic N) is 1. The first-order valence-corrected chi connectivity index (χ1v) is 5.71. The number of nitrogens with one attached hydrogen (secondary N) is 1. The van der Waals surface area contributed by atoms with E-state index in [1.807, 2.05) is 22.6 Å². The average molecular weight is 334 g/mol. The molecule has 1 aromatic carbocycles. The Morgan fingerprint density at radius 2 is 2.06 bits per heavy atom. The molecule has 6 heteroatoms. The van der Waals surface area contributed by atoms with Crippen molar-refractivity contribution in [1.82, 2.24) is 5.32 Å². The summed E-state index contributed by atoms with van der Waals surface area (Å²) in [6.07, 6.45) is 0.235. The second kappa shape index (κ2) is 4.36. The number of hydrogen-bond donors (Lipinski definition) is 1. The van der Waals surface area contributed by atoms with Crippen LogP contribution in [0.1, 0.15) is 6.42 Å². The van der Waals surface area contributed by atoms with Crippen LogP contribution in [0.15, 0.2) is 18.2 Å². The van der Waals surface area contributed by atoms with Crippen molar-refractivity contribution in [3.8, 4) is 0 Å². The Labute approximate surface area is 105 Å². The highest BCUT2D eigenvalue weighted by Crippen LogP contribution is 2.21. The standard InChI is InChI=1S/C10H8FIN2O2/c11-6-3-7(12)5-8(4-6)14-2-1-9(15)13-10(14)16/h3-5H,1-2H2,(H,13,15,16). The highest BCUT2D eigenvalue weighted by atomic mass is 127. The quantitative estimate of drug-likeness (QED) is 0.798.